The Morgan fingerprint density at radius 1 is 0.862 bits per heavy atom. The zero-order valence-corrected chi connectivity index (χ0v) is 14.7. The number of rotatable bonds is 3. The second-order valence-electron chi connectivity index (χ2n) is 6.32. The Hall–Kier alpha value is -3.87. The van der Waals surface area contributed by atoms with Gasteiger partial charge < -0.3 is 5.11 Å². The van der Waals surface area contributed by atoms with E-state index >= 15 is 0 Å². The van der Waals surface area contributed by atoms with E-state index in [0.717, 1.165) is 24.3 Å². The number of aromatic carboxylic acids is 1. The van der Waals surface area contributed by atoms with Crippen LogP contribution in [0.3, 0.4) is 0 Å². The van der Waals surface area contributed by atoms with Gasteiger partial charge in [0.15, 0.2) is 0 Å². The van der Waals surface area contributed by atoms with Gasteiger partial charge in [-0.2, -0.15) is 0 Å². The zero-order valence-electron chi connectivity index (χ0n) is 14.7. The summed E-state index contributed by atoms with van der Waals surface area (Å²) in [4.78, 5) is 25.3. The maximum Gasteiger partial charge on any atom is 0.335 e. The Balaban J connectivity index is 1.89. The third-order valence-electron chi connectivity index (χ3n) is 4.60. The number of carbonyl (C=O) groups is 2. The van der Waals surface area contributed by atoms with Crippen LogP contribution >= 0.6 is 0 Å². The summed E-state index contributed by atoms with van der Waals surface area (Å²) in [5, 5.41) is 9.04. The number of carboxylic acids is 1. The van der Waals surface area contributed by atoms with E-state index in [-0.39, 0.29) is 22.4 Å². The third kappa shape index (κ3) is 3.06. The van der Waals surface area contributed by atoms with E-state index in [1.807, 2.05) is 0 Å². The van der Waals surface area contributed by atoms with E-state index in [2.05, 4.69) is 0 Å². The maximum absolute atomic E-state index is 14.6. The summed E-state index contributed by atoms with van der Waals surface area (Å²) in [7, 11) is 0. The minimum Gasteiger partial charge on any atom is -0.478 e. The van der Waals surface area contributed by atoms with Crippen LogP contribution in [0.4, 0.5) is 24.5 Å². The SMILES string of the molecule is O=C(O)c1ccc(N2C(=O)C(=Cc3c(F)cccc3F)c3c(F)cccc32)cc1. The minimum atomic E-state index is -1.13. The molecule has 0 saturated carbocycles. The van der Waals surface area contributed by atoms with Crippen molar-refractivity contribution < 1.29 is 27.9 Å². The highest BCUT2D eigenvalue weighted by Crippen LogP contribution is 2.43. The van der Waals surface area contributed by atoms with E-state index in [9.17, 15) is 22.8 Å². The molecule has 1 amide bonds. The summed E-state index contributed by atoms with van der Waals surface area (Å²) < 4.78 is 42.8. The van der Waals surface area contributed by atoms with Crippen LogP contribution in [-0.2, 0) is 4.79 Å². The van der Waals surface area contributed by atoms with Gasteiger partial charge in [0.25, 0.3) is 5.91 Å². The number of hydrogen-bond acceptors (Lipinski definition) is 2. The van der Waals surface area contributed by atoms with Crippen LogP contribution in [0, 0.1) is 17.5 Å². The van der Waals surface area contributed by atoms with Crippen molar-refractivity contribution in [3.63, 3.8) is 0 Å². The molecule has 144 valence electrons. The lowest BCUT2D eigenvalue weighted by atomic mass is 10.0. The topological polar surface area (TPSA) is 57.6 Å². The molecule has 0 radical (unpaired) electrons. The summed E-state index contributed by atoms with van der Waals surface area (Å²) in [6.45, 7) is 0. The molecule has 0 fully saturated rings. The van der Waals surface area contributed by atoms with Crippen molar-refractivity contribution in [3.05, 3.63) is 94.8 Å². The van der Waals surface area contributed by atoms with Gasteiger partial charge in [-0.3, -0.25) is 9.69 Å². The smallest absolute Gasteiger partial charge is 0.335 e. The summed E-state index contributed by atoms with van der Waals surface area (Å²) in [5.41, 5.74) is -0.227. The number of benzene rings is 3. The Morgan fingerprint density at radius 3 is 2.07 bits per heavy atom. The number of fused-ring (bicyclic) bond motifs is 1. The number of carboxylic acid groups (broad SMARTS) is 1. The minimum absolute atomic E-state index is 0.0176. The fraction of sp³-hybridized carbons (Fsp3) is 0. The number of carbonyl (C=O) groups excluding carboxylic acids is 1. The van der Waals surface area contributed by atoms with Gasteiger partial charge in [-0.1, -0.05) is 12.1 Å². The molecule has 0 aliphatic carbocycles. The Labute approximate surface area is 163 Å². The molecule has 29 heavy (non-hydrogen) atoms. The lowest BCUT2D eigenvalue weighted by molar-refractivity contribution is -0.112. The molecule has 3 aromatic rings. The molecule has 3 aromatic carbocycles. The van der Waals surface area contributed by atoms with Crippen LogP contribution in [0.15, 0.2) is 60.7 Å². The Bertz CT molecular complexity index is 1170. The van der Waals surface area contributed by atoms with Crippen LogP contribution in [0.1, 0.15) is 21.5 Å². The first-order valence-corrected chi connectivity index (χ1v) is 8.51. The molecular weight excluding hydrogens is 383 g/mol. The zero-order chi connectivity index (χ0) is 20.7. The van der Waals surface area contributed by atoms with E-state index in [4.69, 9.17) is 5.11 Å². The number of anilines is 2. The molecule has 7 heteroatoms. The van der Waals surface area contributed by atoms with Crippen molar-refractivity contribution in [1.82, 2.24) is 0 Å². The number of halogens is 3. The average Bonchev–Trinajstić information content (AvgIpc) is 2.97. The van der Waals surface area contributed by atoms with Gasteiger partial charge in [0.1, 0.15) is 17.5 Å². The van der Waals surface area contributed by atoms with E-state index in [0.29, 0.717) is 5.69 Å². The molecule has 1 aliphatic heterocycles. The molecule has 4 nitrogen and oxygen atoms in total. The number of amides is 1. The molecule has 0 unspecified atom stereocenters. The standard InChI is InChI=1S/C22H12F3NO3/c23-16-3-1-4-17(24)14(16)11-15-20-18(25)5-2-6-19(20)26(21(15)27)13-9-7-12(8-10-13)22(28)29/h1-11H,(H,28,29). The van der Waals surface area contributed by atoms with Gasteiger partial charge in [0.05, 0.1) is 16.8 Å². The summed E-state index contributed by atoms with van der Waals surface area (Å²) in [6, 6.07) is 12.8. The second-order valence-corrected chi connectivity index (χ2v) is 6.32. The largest absolute Gasteiger partial charge is 0.478 e. The Kier molecular flexibility index (Phi) is 4.43. The lowest BCUT2D eigenvalue weighted by Gasteiger charge is -2.17. The predicted octanol–water partition coefficient (Wildman–Crippen LogP) is 5.02. The van der Waals surface area contributed by atoms with Gasteiger partial charge in [0.2, 0.25) is 0 Å². The highest BCUT2D eigenvalue weighted by atomic mass is 19.1. The van der Waals surface area contributed by atoms with Crippen molar-refractivity contribution in [2.75, 3.05) is 4.90 Å². The molecule has 0 spiro atoms. The highest BCUT2D eigenvalue weighted by Gasteiger charge is 2.36. The molecule has 0 aromatic heterocycles. The fourth-order valence-corrected chi connectivity index (χ4v) is 3.24. The molecule has 1 aliphatic rings. The van der Waals surface area contributed by atoms with Crippen LogP contribution in [0.2, 0.25) is 0 Å². The van der Waals surface area contributed by atoms with Crippen LogP contribution in [-0.4, -0.2) is 17.0 Å². The van der Waals surface area contributed by atoms with Crippen molar-refractivity contribution in [2.45, 2.75) is 0 Å². The van der Waals surface area contributed by atoms with Gasteiger partial charge in [-0.05, 0) is 54.6 Å². The third-order valence-corrected chi connectivity index (χ3v) is 4.60. The first-order valence-electron chi connectivity index (χ1n) is 8.51. The predicted molar refractivity (Wildman–Crippen MR) is 101 cm³/mol. The van der Waals surface area contributed by atoms with Crippen molar-refractivity contribution in [2.24, 2.45) is 0 Å². The van der Waals surface area contributed by atoms with Gasteiger partial charge in [-0.25, -0.2) is 18.0 Å². The van der Waals surface area contributed by atoms with E-state index < -0.39 is 34.9 Å². The maximum atomic E-state index is 14.6. The molecule has 4 rings (SSSR count). The van der Waals surface area contributed by atoms with Crippen molar-refractivity contribution in [1.29, 1.82) is 0 Å². The van der Waals surface area contributed by atoms with Gasteiger partial charge >= 0.3 is 5.97 Å². The van der Waals surface area contributed by atoms with Gasteiger partial charge in [-0.15, -0.1) is 0 Å². The second kappa shape index (κ2) is 6.94. The van der Waals surface area contributed by atoms with Crippen LogP contribution in [0.5, 0.6) is 0 Å². The summed E-state index contributed by atoms with van der Waals surface area (Å²) in [5.74, 6) is -4.30. The normalized spacial score (nSPS) is 14.4. The Morgan fingerprint density at radius 2 is 1.45 bits per heavy atom. The number of nitrogens with zero attached hydrogens (tertiary/aromatic N) is 1. The highest BCUT2D eigenvalue weighted by molar-refractivity contribution is 6.38. The van der Waals surface area contributed by atoms with Crippen LogP contribution in [0.25, 0.3) is 11.6 Å². The van der Waals surface area contributed by atoms with E-state index in [1.165, 1.54) is 47.4 Å². The lowest BCUT2D eigenvalue weighted by Crippen LogP contribution is -2.20. The number of hydrogen-bond donors (Lipinski definition) is 1. The first-order chi connectivity index (χ1) is 13.9. The average molecular weight is 395 g/mol. The van der Waals surface area contributed by atoms with Crippen molar-refractivity contribution >= 4 is 34.9 Å². The quantitative estimate of drug-likeness (QED) is 0.634. The summed E-state index contributed by atoms with van der Waals surface area (Å²) >= 11 is 0. The molecule has 1 N–H and O–H groups in total. The molecule has 0 bridgehead atoms. The van der Waals surface area contributed by atoms with Crippen LogP contribution < -0.4 is 4.90 Å². The molecular formula is C22H12F3NO3. The van der Waals surface area contributed by atoms with Gasteiger partial charge in [0, 0.05) is 16.8 Å². The van der Waals surface area contributed by atoms with Crippen molar-refractivity contribution in [3.8, 4) is 0 Å². The summed E-state index contributed by atoms with van der Waals surface area (Å²) in [6.07, 6.45) is 0.987. The molecule has 0 saturated heterocycles. The molecule has 0 atom stereocenters. The van der Waals surface area contributed by atoms with E-state index in [1.54, 1.807) is 0 Å². The molecule has 1 heterocycles. The fourth-order valence-electron chi connectivity index (χ4n) is 3.24. The monoisotopic (exact) mass is 395 g/mol. The first kappa shape index (κ1) is 18.5.